The molecule has 2 aromatic heterocycles. The number of nitrogens with zero attached hydrogens (tertiary/aromatic N) is 2. The first-order chi connectivity index (χ1) is 14.0. The number of thiophene rings is 1. The summed E-state index contributed by atoms with van der Waals surface area (Å²) in [4.78, 5) is 21.5. The van der Waals surface area contributed by atoms with Crippen LogP contribution >= 0.6 is 11.3 Å². The third-order valence-electron chi connectivity index (χ3n) is 4.87. The second-order valence-corrected chi connectivity index (χ2v) is 8.23. The number of fused-ring (bicyclic) bond motifs is 1. The zero-order chi connectivity index (χ0) is 20.8. The van der Waals surface area contributed by atoms with E-state index in [1.165, 1.54) is 30.6 Å². The lowest BCUT2D eigenvalue weighted by Gasteiger charge is -2.06. The van der Waals surface area contributed by atoms with Crippen LogP contribution in [0.5, 0.6) is 5.75 Å². The van der Waals surface area contributed by atoms with Gasteiger partial charge in [-0.25, -0.2) is 4.98 Å². The summed E-state index contributed by atoms with van der Waals surface area (Å²) in [6.07, 6.45) is 6.40. The van der Waals surface area contributed by atoms with Gasteiger partial charge in [-0.1, -0.05) is 38.3 Å². The van der Waals surface area contributed by atoms with Crippen LogP contribution in [0.1, 0.15) is 54.4 Å². The van der Waals surface area contributed by atoms with Crippen LogP contribution in [0, 0.1) is 25.2 Å². The van der Waals surface area contributed by atoms with Crippen LogP contribution in [0.4, 0.5) is 0 Å². The molecule has 0 aliphatic rings. The van der Waals surface area contributed by atoms with Crippen LogP contribution in [-0.2, 0) is 0 Å². The summed E-state index contributed by atoms with van der Waals surface area (Å²) in [7, 11) is 0. The molecular weight excluding hydrogens is 382 g/mol. The summed E-state index contributed by atoms with van der Waals surface area (Å²) >= 11 is 1.47. The second-order valence-electron chi connectivity index (χ2n) is 7.03. The molecule has 29 heavy (non-hydrogen) atoms. The Morgan fingerprint density at radius 1 is 1.24 bits per heavy atom. The minimum absolute atomic E-state index is 0.208. The number of rotatable bonds is 8. The highest BCUT2D eigenvalue weighted by Crippen LogP contribution is 2.27. The van der Waals surface area contributed by atoms with Crippen molar-refractivity contribution in [3.8, 4) is 11.8 Å². The van der Waals surface area contributed by atoms with Crippen LogP contribution in [0.15, 0.2) is 29.1 Å². The van der Waals surface area contributed by atoms with E-state index in [9.17, 15) is 10.1 Å². The first-order valence-corrected chi connectivity index (χ1v) is 10.7. The maximum atomic E-state index is 12.5. The average molecular weight is 408 g/mol. The Balaban J connectivity index is 1.79. The Bertz CT molecular complexity index is 1120. The molecule has 3 rings (SSSR count). The van der Waals surface area contributed by atoms with Gasteiger partial charge in [-0.2, -0.15) is 5.26 Å². The van der Waals surface area contributed by atoms with E-state index in [0.29, 0.717) is 28.2 Å². The van der Waals surface area contributed by atoms with Crippen LogP contribution < -0.4 is 10.3 Å². The summed E-state index contributed by atoms with van der Waals surface area (Å²) in [5.74, 6) is 1.11. The number of ether oxygens (including phenoxy) is 1. The Kier molecular flexibility index (Phi) is 6.84. The predicted molar refractivity (Wildman–Crippen MR) is 119 cm³/mol. The van der Waals surface area contributed by atoms with E-state index in [0.717, 1.165) is 28.2 Å². The summed E-state index contributed by atoms with van der Waals surface area (Å²) in [6.45, 7) is 6.78. The lowest BCUT2D eigenvalue weighted by Crippen LogP contribution is -2.10. The Morgan fingerprint density at radius 3 is 2.69 bits per heavy atom. The van der Waals surface area contributed by atoms with E-state index in [4.69, 9.17) is 4.74 Å². The SMILES string of the molecule is CCCCCCOc1ccc(/C=C(\C#N)c2nc3sc(C)c(C)c3c(=O)[nH]2)cc1. The van der Waals surface area contributed by atoms with Crippen molar-refractivity contribution in [2.24, 2.45) is 0 Å². The van der Waals surface area contributed by atoms with E-state index in [2.05, 4.69) is 23.0 Å². The number of benzene rings is 1. The van der Waals surface area contributed by atoms with Gasteiger partial charge in [0.25, 0.3) is 5.56 Å². The number of unbranched alkanes of at least 4 members (excludes halogenated alkanes) is 3. The van der Waals surface area contributed by atoms with Crippen LogP contribution in [-0.4, -0.2) is 16.6 Å². The van der Waals surface area contributed by atoms with Gasteiger partial charge >= 0.3 is 0 Å². The lowest BCUT2D eigenvalue weighted by molar-refractivity contribution is 0.305. The molecule has 0 atom stereocenters. The van der Waals surface area contributed by atoms with E-state index in [-0.39, 0.29) is 5.56 Å². The molecule has 3 aromatic rings. The maximum Gasteiger partial charge on any atom is 0.260 e. The van der Waals surface area contributed by atoms with Gasteiger partial charge in [0.05, 0.1) is 17.6 Å². The molecular formula is C23H25N3O2S. The number of H-pyrrole nitrogens is 1. The minimum atomic E-state index is -0.208. The summed E-state index contributed by atoms with van der Waals surface area (Å²) in [5, 5.41) is 10.2. The molecule has 0 bridgehead atoms. The molecule has 0 amide bonds. The molecule has 0 saturated heterocycles. The van der Waals surface area contributed by atoms with Gasteiger partial charge in [-0.05, 0) is 49.6 Å². The quantitative estimate of drug-likeness (QED) is 0.388. The molecule has 0 spiro atoms. The van der Waals surface area contributed by atoms with Crippen molar-refractivity contribution in [3.63, 3.8) is 0 Å². The highest BCUT2D eigenvalue weighted by molar-refractivity contribution is 7.18. The van der Waals surface area contributed by atoms with Crippen molar-refractivity contribution >= 4 is 33.2 Å². The highest BCUT2D eigenvalue weighted by Gasteiger charge is 2.14. The van der Waals surface area contributed by atoms with Crippen molar-refractivity contribution in [2.75, 3.05) is 6.61 Å². The topological polar surface area (TPSA) is 78.8 Å². The molecule has 5 nitrogen and oxygen atoms in total. The van der Waals surface area contributed by atoms with Crippen LogP contribution in [0.2, 0.25) is 0 Å². The van der Waals surface area contributed by atoms with Crippen molar-refractivity contribution < 1.29 is 4.74 Å². The second kappa shape index (κ2) is 9.53. The molecule has 0 aliphatic heterocycles. The molecule has 0 unspecified atom stereocenters. The normalized spacial score (nSPS) is 11.6. The van der Waals surface area contributed by atoms with Crippen molar-refractivity contribution in [1.29, 1.82) is 5.26 Å². The van der Waals surface area contributed by atoms with E-state index < -0.39 is 0 Å². The van der Waals surface area contributed by atoms with E-state index >= 15 is 0 Å². The monoisotopic (exact) mass is 407 g/mol. The van der Waals surface area contributed by atoms with Gasteiger partial charge < -0.3 is 9.72 Å². The van der Waals surface area contributed by atoms with Gasteiger partial charge in [0.1, 0.15) is 16.6 Å². The van der Waals surface area contributed by atoms with Crippen molar-refractivity contribution in [3.05, 3.63) is 56.4 Å². The number of aryl methyl sites for hydroxylation is 2. The first kappa shape index (κ1) is 20.8. The molecule has 0 radical (unpaired) electrons. The van der Waals surface area contributed by atoms with Gasteiger partial charge in [0, 0.05) is 4.88 Å². The molecule has 1 N–H and O–H groups in total. The maximum absolute atomic E-state index is 12.5. The van der Waals surface area contributed by atoms with E-state index in [1.807, 2.05) is 38.1 Å². The number of hydrogen-bond donors (Lipinski definition) is 1. The fraction of sp³-hybridized carbons (Fsp3) is 0.348. The largest absolute Gasteiger partial charge is 0.494 e. The number of hydrogen-bond acceptors (Lipinski definition) is 5. The standard InChI is InChI=1S/C23H25N3O2S/c1-4-5-6-7-12-28-19-10-8-17(9-11-19)13-18(14-24)21-25-22(27)20-15(2)16(3)29-23(20)26-21/h8-11,13H,4-7,12H2,1-3H3,(H,25,26,27)/b18-13+. The number of aromatic amines is 1. The third-order valence-corrected chi connectivity index (χ3v) is 5.97. The fourth-order valence-corrected chi connectivity index (χ4v) is 4.11. The molecule has 0 aliphatic carbocycles. The summed E-state index contributed by atoms with van der Waals surface area (Å²) < 4.78 is 5.76. The Labute approximate surface area is 174 Å². The smallest absolute Gasteiger partial charge is 0.260 e. The summed E-state index contributed by atoms with van der Waals surface area (Å²) in [5.41, 5.74) is 1.90. The molecule has 6 heteroatoms. The van der Waals surface area contributed by atoms with Gasteiger partial charge in [-0.15, -0.1) is 11.3 Å². The fourth-order valence-electron chi connectivity index (χ4n) is 3.08. The summed E-state index contributed by atoms with van der Waals surface area (Å²) in [6, 6.07) is 9.74. The van der Waals surface area contributed by atoms with Gasteiger partial charge in [0.2, 0.25) is 0 Å². The number of nitrogens with one attached hydrogen (secondary N) is 1. The van der Waals surface area contributed by atoms with Crippen LogP contribution in [0.3, 0.4) is 0 Å². The lowest BCUT2D eigenvalue weighted by atomic mass is 10.1. The number of allylic oxidation sites excluding steroid dienone is 1. The highest BCUT2D eigenvalue weighted by atomic mass is 32.1. The number of nitriles is 1. The zero-order valence-corrected chi connectivity index (χ0v) is 17.9. The van der Waals surface area contributed by atoms with E-state index in [1.54, 1.807) is 6.08 Å². The Hall–Kier alpha value is -2.91. The predicted octanol–water partition coefficient (Wildman–Crippen LogP) is 5.62. The Morgan fingerprint density at radius 2 is 2.00 bits per heavy atom. The molecule has 2 heterocycles. The minimum Gasteiger partial charge on any atom is -0.494 e. The van der Waals surface area contributed by atoms with Crippen molar-refractivity contribution in [2.45, 2.75) is 46.5 Å². The molecule has 0 saturated carbocycles. The van der Waals surface area contributed by atoms with Gasteiger partial charge in [0.15, 0.2) is 5.82 Å². The zero-order valence-electron chi connectivity index (χ0n) is 17.0. The van der Waals surface area contributed by atoms with Crippen LogP contribution in [0.25, 0.3) is 21.9 Å². The van der Waals surface area contributed by atoms with Gasteiger partial charge in [-0.3, -0.25) is 4.79 Å². The molecule has 1 aromatic carbocycles. The first-order valence-electron chi connectivity index (χ1n) is 9.88. The molecule has 0 fully saturated rings. The average Bonchev–Trinajstić information content (AvgIpc) is 3.01. The molecule has 150 valence electrons. The van der Waals surface area contributed by atoms with Crippen molar-refractivity contribution in [1.82, 2.24) is 9.97 Å². The third kappa shape index (κ3) is 4.93. The number of aromatic nitrogens is 2.